The van der Waals surface area contributed by atoms with Crippen LogP contribution in [0.2, 0.25) is 0 Å². The number of halogens is 1. The maximum Gasteiger partial charge on any atom is 0.275 e. The van der Waals surface area contributed by atoms with E-state index in [1.807, 2.05) is 13.1 Å². The summed E-state index contributed by atoms with van der Waals surface area (Å²) in [6.07, 6.45) is 3.88. The minimum Gasteiger partial charge on any atom is -0.348 e. The summed E-state index contributed by atoms with van der Waals surface area (Å²) in [7, 11) is 1.93. The summed E-state index contributed by atoms with van der Waals surface area (Å²) < 4.78 is 2.33. The van der Waals surface area contributed by atoms with Crippen molar-refractivity contribution in [2.24, 2.45) is 0 Å². The molecule has 2 heterocycles. The third-order valence-electron chi connectivity index (χ3n) is 3.56. The maximum atomic E-state index is 12.1. The molecule has 1 aliphatic rings. The molecule has 2 aromatic rings. The number of hydrogen-bond donors (Lipinski definition) is 2. The molecule has 0 bridgehead atoms. The van der Waals surface area contributed by atoms with Crippen molar-refractivity contribution in [3.05, 3.63) is 44.9 Å². The topological polar surface area (TPSA) is 67.9 Å². The number of hydrogen-bond acceptors (Lipinski definition) is 3. The van der Waals surface area contributed by atoms with E-state index in [4.69, 9.17) is 0 Å². The van der Waals surface area contributed by atoms with Crippen LogP contribution in [0.4, 0.5) is 0 Å². The van der Waals surface area contributed by atoms with Gasteiger partial charge in [0.25, 0.3) is 11.5 Å². The molecule has 0 saturated heterocycles. The number of quaternary nitrogens is 1. The molecule has 0 aliphatic heterocycles. The lowest BCUT2D eigenvalue weighted by atomic mass is 10.3. The molecule has 2 aromatic heterocycles. The van der Waals surface area contributed by atoms with Gasteiger partial charge in [-0.3, -0.25) is 14.0 Å². The van der Waals surface area contributed by atoms with Gasteiger partial charge in [-0.2, -0.15) is 0 Å². The lowest BCUT2D eigenvalue weighted by Gasteiger charge is -2.13. The minimum absolute atomic E-state index is 0.0569. The molecule has 116 valence electrons. The van der Waals surface area contributed by atoms with Crippen LogP contribution in [0, 0.1) is 0 Å². The quantitative estimate of drug-likeness (QED) is 0.767. The number of pyridine rings is 1. The molecule has 2 N–H and O–H groups in total. The molecule has 1 unspecified atom stereocenters. The first-order chi connectivity index (χ1) is 10.5. The number of amides is 1. The Labute approximate surface area is 136 Å². The molecule has 22 heavy (non-hydrogen) atoms. The molecule has 1 aliphatic carbocycles. The number of carbonyl (C=O) groups excluding carboxylic acids is 1. The van der Waals surface area contributed by atoms with Crippen LogP contribution in [0.3, 0.4) is 0 Å². The highest BCUT2D eigenvalue weighted by molar-refractivity contribution is 9.10. The van der Waals surface area contributed by atoms with Gasteiger partial charge in [0.05, 0.1) is 7.05 Å². The summed E-state index contributed by atoms with van der Waals surface area (Å²) in [5.41, 5.74) is 1.20. The molecule has 1 atom stereocenters. The number of rotatable bonds is 5. The van der Waals surface area contributed by atoms with Crippen molar-refractivity contribution in [1.82, 2.24) is 14.7 Å². The number of nitrogens with one attached hydrogen (secondary N) is 2. The molecule has 1 saturated carbocycles. The molecular formula is C15H18BrN4O2+. The fraction of sp³-hybridized carbons (Fsp3) is 0.400. The summed E-state index contributed by atoms with van der Waals surface area (Å²) in [5, 5.41) is 2.97. The Bertz CT molecular complexity index is 770. The molecule has 1 amide bonds. The highest BCUT2D eigenvalue weighted by atomic mass is 79.9. The van der Waals surface area contributed by atoms with Crippen LogP contribution in [0.25, 0.3) is 5.65 Å². The molecule has 7 heteroatoms. The highest BCUT2D eigenvalue weighted by Crippen LogP contribution is 2.18. The van der Waals surface area contributed by atoms with Gasteiger partial charge >= 0.3 is 0 Å². The van der Waals surface area contributed by atoms with E-state index >= 15 is 0 Å². The molecule has 6 nitrogen and oxygen atoms in total. The first kappa shape index (κ1) is 15.2. The number of fused-ring (bicyclic) bond motifs is 1. The monoisotopic (exact) mass is 365 g/mol. The van der Waals surface area contributed by atoms with Gasteiger partial charge < -0.3 is 10.2 Å². The molecule has 3 rings (SSSR count). The fourth-order valence-corrected chi connectivity index (χ4v) is 2.71. The Balaban J connectivity index is 1.71. The summed E-state index contributed by atoms with van der Waals surface area (Å²) in [5.74, 6) is 0.0569. The maximum absolute atomic E-state index is 12.1. The van der Waals surface area contributed by atoms with Crippen molar-refractivity contribution in [3.8, 4) is 0 Å². The average molecular weight is 366 g/mol. The van der Waals surface area contributed by atoms with E-state index < -0.39 is 0 Å². The van der Waals surface area contributed by atoms with E-state index in [0.717, 1.165) is 22.2 Å². The molecule has 0 radical (unpaired) electrons. The van der Waals surface area contributed by atoms with Gasteiger partial charge in [-0.25, -0.2) is 4.98 Å². The van der Waals surface area contributed by atoms with Crippen molar-refractivity contribution < 1.29 is 9.69 Å². The smallest absolute Gasteiger partial charge is 0.275 e. The van der Waals surface area contributed by atoms with Crippen LogP contribution < -0.4 is 15.8 Å². The van der Waals surface area contributed by atoms with E-state index in [0.29, 0.717) is 30.5 Å². The zero-order valence-electron chi connectivity index (χ0n) is 12.3. The number of nitrogens with zero attached hydrogens (tertiary/aromatic N) is 2. The van der Waals surface area contributed by atoms with Crippen LogP contribution in [-0.4, -0.2) is 34.9 Å². The van der Waals surface area contributed by atoms with Gasteiger partial charge in [0.2, 0.25) is 0 Å². The SMILES string of the molecule is C[NH+](CC(=O)NC1CC1)Cc1cc(=O)n2cc(Br)ccc2n1. The standard InChI is InChI=1S/C15H17BrN4O2/c1-19(9-14(21)18-11-3-4-11)8-12-6-15(22)20-7-10(16)2-5-13(20)17-12/h2,5-7,11H,3-4,8-9H2,1H3,(H,18,21)/p+1. The van der Waals surface area contributed by atoms with Crippen molar-refractivity contribution in [2.45, 2.75) is 25.4 Å². The summed E-state index contributed by atoms with van der Waals surface area (Å²) in [6.45, 7) is 0.928. The highest BCUT2D eigenvalue weighted by Gasteiger charge is 2.24. The van der Waals surface area contributed by atoms with E-state index in [-0.39, 0.29) is 11.5 Å². The van der Waals surface area contributed by atoms with Gasteiger partial charge in [-0.05, 0) is 40.9 Å². The number of likely N-dealkylation sites (N-methyl/N-ethyl adjacent to an activating group) is 1. The van der Waals surface area contributed by atoms with E-state index in [1.165, 1.54) is 10.5 Å². The van der Waals surface area contributed by atoms with E-state index in [2.05, 4.69) is 26.2 Å². The lowest BCUT2D eigenvalue weighted by molar-refractivity contribution is -0.885. The van der Waals surface area contributed by atoms with Crippen LogP contribution in [0.1, 0.15) is 18.5 Å². The molecule has 1 fully saturated rings. The second-order valence-corrected chi connectivity index (χ2v) is 6.73. The second kappa shape index (κ2) is 6.18. The van der Waals surface area contributed by atoms with Crippen molar-refractivity contribution >= 4 is 27.5 Å². The first-order valence-corrected chi connectivity index (χ1v) is 8.09. The fourth-order valence-electron chi connectivity index (χ4n) is 2.37. The zero-order valence-corrected chi connectivity index (χ0v) is 13.9. The Morgan fingerprint density at radius 3 is 3.00 bits per heavy atom. The number of aromatic nitrogens is 2. The number of carbonyl (C=O) groups is 1. The molecule has 0 aromatic carbocycles. The van der Waals surface area contributed by atoms with E-state index in [9.17, 15) is 9.59 Å². The first-order valence-electron chi connectivity index (χ1n) is 7.30. The van der Waals surface area contributed by atoms with Crippen molar-refractivity contribution in [1.29, 1.82) is 0 Å². The Kier molecular flexibility index (Phi) is 4.26. The minimum atomic E-state index is -0.114. The molecular weight excluding hydrogens is 348 g/mol. The van der Waals surface area contributed by atoms with Gasteiger partial charge in [0, 0.05) is 22.8 Å². The second-order valence-electron chi connectivity index (χ2n) is 5.81. The third-order valence-corrected chi connectivity index (χ3v) is 4.03. The van der Waals surface area contributed by atoms with Gasteiger partial charge in [-0.1, -0.05) is 0 Å². The van der Waals surface area contributed by atoms with Gasteiger partial charge in [-0.15, -0.1) is 0 Å². The van der Waals surface area contributed by atoms with Crippen LogP contribution in [0.5, 0.6) is 0 Å². The van der Waals surface area contributed by atoms with E-state index in [1.54, 1.807) is 12.3 Å². The van der Waals surface area contributed by atoms with Crippen molar-refractivity contribution in [3.63, 3.8) is 0 Å². The Morgan fingerprint density at radius 2 is 2.27 bits per heavy atom. The average Bonchev–Trinajstić information content (AvgIpc) is 3.23. The predicted octanol–water partition coefficient (Wildman–Crippen LogP) is -0.250. The lowest BCUT2D eigenvalue weighted by Crippen LogP contribution is -3.09. The zero-order chi connectivity index (χ0) is 15.7. The normalized spacial score (nSPS) is 15.7. The van der Waals surface area contributed by atoms with Crippen molar-refractivity contribution in [2.75, 3.05) is 13.6 Å². The van der Waals surface area contributed by atoms with Crippen LogP contribution in [0.15, 0.2) is 33.7 Å². The summed E-state index contributed by atoms with van der Waals surface area (Å²) in [4.78, 5) is 29.4. The third kappa shape index (κ3) is 3.72. The van der Waals surface area contributed by atoms with Gasteiger partial charge in [0.15, 0.2) is 6.54 Å². The largest absolute Gasteiger partial charge is 0.348 e. The Hall–Kier alpha value is -1.73. The predicted molar refractivity (Wildman–Crippen MR) is 85.8 cm³/mol. The summed E-state index contributed by atoms with van der Waals surface area (Å²) >= 11 is 3.34. The van der Waals surface area contributed by atoms with Crippen LogP contribution in [-0.2, 0) is 11.3 Å². The van der Waals surface area contributed by atoms with Gasteiger partial charge in [0.1, 0.15) is 17.9 Å². The summed E-state index contributed by atoms with van der Waals surface area (Å²) in [6, 6.07) is 5.55. The van der Waals surface area contributed by atoms with Crippen LogP contribution >= 0.6 is 15.9 Å². The molecule has 0 spiro atoms. The Morgan fingerprint density at radius 1 is 1.50 bits per heavy atom.